The number of nitrogens with zero attached hydrogens (tertiary/aromatic N) is 1. The summed E-state index contributed by atoms with van der Waals surface area (Å²) in [5.41, 5.74) is 6.94. The summed E-state index contributed by atoms with van der Waals surface area (Å²) < 4.78 is 6.01. The molecular weight excluding hydrogens is 330 g/mol. The van der Waals surface area contributed by atoms with Crippen LogP contribution in [0.25, 0.3) is 0 Å². The van der Waals surface area contributed by atoms with Gasteiger partial charge in [0.25, 0.3) is 0 Å². The highest BCUT2D eigenvalue weighted by atomic mass is 16.5. The lowest BCUT2D eigenvalue weighted by Gasteiger charge is -2.35. The van der Waals surface area contributed by atoms with Crippen LogP contribution in [0.1, 0.15) is 59.4 Å². The Bertz CT molecular complexity index is 719. The van der Waals surface area contributed by atoms with Crippen molar-refractivity contribution in [2.24, 2.45) is 5.92 Å². The molecule has 1 heterocycles. The maximum Gasteiger partial charge on any atom is 0.0717 e. The highest BCUT2D eigenvalue weighted by molar-refractivity contribution is 5.28. The minimum Gasteiger partial charge on any atom is -0.376 e. The van der Waals surface area contributed by atoms with Crippen LogP contribution in [0, 0.1) is 19.8 Å². The molecule has 0 amide bonds. The van der Waals surface area contributed by atoms with E-state index in [9.17, 15) is 0 Å². The van der Waals surface area contributed by atoms with Crippen LogP contribution in [0.15, 0.2) is 42.5 Å². The van der Waals surface area contributed by atoms with Gasteiger partial charge in [-0.1, -0.05) is 53.6 Å². The monoisotopic (exact) mass is 363 g/mol. The Morgan fingerprint density at radius 2 is 1.56 bits per heavy atom. The Morgan fingerprint density at radius 1 is 0.889 bits per heavy atom. The number of hydrogen-bond acceptors (Lipinski definition) is 2. The average Bonchev–Trinajstić information content (AvgIpc) is 3.10. The first-order valence-corrected chi connectivity index (χ1v) is 10.6. The highest BCUT2D eigenvalue weighted by Crippen LogP contribution is 2.41. The summed E-state index contributed by atoms with van der Waals surface area (Å²) >= 11 is 0. The summed E-state index contributed by atoms with van der Waals surface area (Å²) in [5, 5.41) is 0. The van der Waals surface area contributed by atoms with E-state index in [1.165, 1.54) is 66.6 Å². The molecule has 1 saturated heterocycles. The number of ether oxygens (including phenoxy) is 1. The summed E-state index contributed by atoms with van der Waals surface area (Å²) in [5.74, 6) is 1.46. The zero-order valence-electron chi connectivity index (χ0n) is 16.9. The molecule has 4 rings (SSSR count). The topological polar surface area (TPSA) is 12.5 Å². The average molecular weight is 364 g/mol. The van der Waals surface area contributed by atoms with Crippen LogP contribution in [0.3, 0.4) is 0 Å². The molecule has 0 aromatic heterocycles. The first kappa shape index (κ1) is 18.7. The molecule has 27 heavy (non-hydrogen) atoms. The van der Waals surface area contributed by atoms with Gasteiger partial charge in [-0.2, -0.15) is 0 Å². The minimum atomic E-state index is 0.727. The molecule has 0 atom stereocenters. The van der Waals surface area contributed by atoms with E-state index in [0.29, 0.717) is 0 Å². The second kappa shape index (κ2) is 8.58. The number of aryl methyl sites for hydroxylation is 2. The first-order chi connectivity index (χ1) is 13.2. The van der Waals surface area contributed by atoms with E-state index >= 15 is 0 Å². The Balaban J connectivity index is 1.19. The fourth-order valence-electron chi connectivity index (χ4n) is 4.73. The molecule has 2 aromatic rings. The van der Waals surface area contributed by atoms with Crippen molar-refractivity contribution < 1.29 is 4.74 Å². The predicted molar refractivity (Wildman–Crippen MR) is 112 cm³/mol. The van der Waals surface area contributed by atoms with E-state index in [1.54, 1.807) is 0 Å². The van der Waals surface area contributed by atoms with Gasteiger partial charge in [0.2, 0.25) is 0 Å². The minimum absolute atomic E-state index is 0.727. The summed E-state index contributed by atoms with van der Waals surface area (Å²) in [6.07, 6.45) is 5.29. The standard InChI is InChI=1S/C25H33NO/c1-19-11-20(2)13-22(12-19)17-27-18-23-14-25(15-23)24-7-5-21(6-8-24)16-26-9-3-4-10-26/h5-8,11-13,23,25H,3-4,9-10,14-18H2,1-2H3. The van der Waals surface area contributed by atoms with Gasteiger partial charge in [-0.15, -0.1) is 0 Å². The number of rotatable bonds is 7. The van der Waals surface area contributed by atoms with Crippen LogP contribution in [0.2, 0.25) is 0 Å². The van der Waals surface area contributed by atoms with Crippen molar-refractivity contribution in [3.8, 4) is 0 Å². The molecule has 0 unspecified atom stereocenters. The second-order valence-electron chi connectivity index (χ2n) is 8.77. The van der Waals surface area contributed by atoms with Crippen LogP contribution >= 0.6 is 0 Å². The van der Waals surface area contributed by atoms with Gasteiger partial charge in [-0.05, 0) is 81.1 Å². The molecule has 1 saturated carbocycles. The van der Waals surface area contributed by atoms with Crippen molar-refractivity contribution >= 4 is 0 Å². The van der Waals surface area contributed by atoms with Gasteiger partial charge in [-0.3, -0.25) is 4.90 Å². The van der Waals surface area contributed by atoms with Crippen molar-refractivity contribution in [3.63, 3.8) is 0 Å². The molecule has 1 aliphatic heterocycles. The molecule has 0 N–H and O–H groups in total. The molecule has 0 radical (unpaired) electrons. The van der Waals surface area contributed by atoms with Gasteiger partial charge >= 0.3 is 0 Å². The van der Waals surface area contributed by atoms with Crippen LogP contribution in [-0.4, -0.2) is 24.6 Å². The van der Waals surface area contributed by atoms with Crippen molar-refractivity contribution in [2.45, 2.75) is 58.6 Å². The number of likely N-dealkylation sites (tertiary alicyclic amines) is 1. The third kappa shape index (κ3) is 5.00. The largest absolute Gasteiger partial charge is 0.376 e. The number of hydrogen-bond donors (Lipinski definition) is 0. The van der Waals surface area contributed by atoms with E-state index in [0.717, 1.165) is 31.6 Å². The highest BCUT2D eigenvalue weighted by Gasteiger charge is 2.30. The van der Waals surface area contributed by atoms with Gasteiger partial charge in [0.15, 0.2) is 0 Å². The Kier molecular flexibility index (Phi) is 5.95. The maximum atomic E-state index is 6.01. The van der Waals surface area contributed by atoms with Gasteiger partial charge in [0.1, 0.15) is 0 Å². The van der Waals surface area contributed by atoms with Gasteiger partial charge in [0, 0.05) is 13.2 Å². The summed E-state index contributed by atoms with van der Waals surface area (Å²) in [6.45, 7) is 9.63. The van der Waals surface area contributed by atoms with Gasteiger partial charge in [0.05, 0.1) is 6.61 Å². The summed E-state index contributed by atoms with van der Waals surface area (Å²) in [6, 6.07) is 16.1. The third-order valence-electron chi connectivity index (χ3n) is 6.20. The van der Waals surface area contributed by atoms with Crippen molar-refractivity contribution in [1.29, 1.82) is 0 Å². The zero-order valence-corrected chi connectivity index (χ0v) is 16.9. The molecule has 144 valence electrons. The first-order valence-electron chi connectivity index (χ1n) is 10.6. The fourth-order valence-corrected chi connectivity index (χ4v) is 4.73. The molecule has 2 nitrogen and oxygen atoms in total. The lowest BCUT2D eigenvalue weighted by molar-refractivity contribution is 0.0508. The van der Waals surface area contributed by atoms with E-state index in [4.69, 9.17) is 4.74 Å². The predicted octanol–water partition coefficient (Wildman–Crippen LogP) is 5.61. The van der Waals surface area contributed by atoms with Crippen molar-refractivity contribution in [1.82, 2.24) is 4.90 Å². The molecular formula is C25H33NO. The van der Waals surface area contributed by atoms with Crippen molar-refractivity contribution in [3.05, 3.63) is 70.3 Å². The fraction of sp³-hybridized carbons (Fsp3) is 0.520. The summed E-state index contributed by atoms with van der Waals surface area (Å²) in [7, 11) is 0. The molecule has 2 aliphatic rings. The second-order valence-corrected chi connectivity index (χ2v) is 8.77. The lowest BCUT2D eigenvalue weighted by Crippen LogP contribution is -2.26. The van der Waals surface area contributed by atoms with Crippen molar-refractivity contribution in [2.75, 3.05) is 19.7 Å². The van der Waals surface area contributed by atoms with Gasteiger partial charge < -0.3 is 4.74 Å². The molecule has 1 aliphatic carbocycles. The van der Waals surface area contributed by atoms with Gasteiger partial charge in [-0.25, -0.2) is 0 Å². The molecule has 0 spiro atoms. The molecule has 2 heteroatoms. The lowest BCUT2D eigenvalue weighted by atomic mass is 9.72. The zero-order chi connectivity index (χ0) is 18.6. The van der Waals surface area contributed by atoms with E-state index in [-0.39, 0.29) is 0 Å². The SMILES string of the molecule is Cc1cc(C)cc(COCC2CC(c3ccc(CN4CCCC4)cc3)C2)c1. The number of benzene rings is 2. The van der Waals surface area contributed by atoms with E-state index in [2.05, 4.69) is 61.2 Å². The summed E-state index contributed by atoms with van der Waals surface area (Å²) in [4.78, 5) is 2.57. The van der Waals surface area contributed by atoms with Crippen LogP contribution in [0.4, 0.5) is 0 Å². The van der Waals surface area contributed by atoms with Crippen LogP contribution < -0.4 is 0 Å². The smallest absolute Gasteiger partial charge is 0.0717 e. The maximum absolute atomic E-state index is 6.01. The van der Waals surface area contributed by atoms with E-state index < -0.39 is 0 Å². The van der Waals surface area contributed by atoms with Crippen LogP contribution in [-0.2, 0) is 17.9 Å². The Morgan fingerprint density at radius 3 is 2.22 bits per heavy atom. The Hall–Kier alpha value is -1.64. The quantitative estimate of drug-likeness (QED) is 0.634. The van der Waals surface area contributed by atoms with Crippen LogP contribution in [0.5, 0.6) is 0 Å². The normalized spacial score (nSPS) is 22.7. The van der Waals surface area contributed by atoms with E-state index in [1.807, 2.05) is 0 Å². The molecule has 0 bridgehead atoms. The molecule has 2 fully saturated rings. The Labute approximate surface area is 164 Å². The molecule has 2 aromatic carbocycles. The third-order valence-corrected chi connectivity index (χ3v) is 6.20.